The predicted octanol–water partition coefficient (Wildman–Crippen LogP) is 3.25. The molecule has 0 radical (unpaired) electrons. The first-order valence-corrected chi connectivity index (χ1v) is 9.91. The van der Waals surface area contributed by atoms with E-state index < -0.39 is 15.8 Å². The molecule has 0 aliphatic carbocycles. The Morgan fingerprint density at radius 1 is 1.16 bits per heavy atom. The molecule has 1 N–H and O–H groups in total. The molecule has 0 aromatic heterocycles. The van der Waals surface area contributed by atoms with E-state index in [1.54, 1.807) is 6.92 Å². The van der Waals surface area contributed by atoms with E-state index in [1.807, 2.05) is 0 Å². The van der Waals surface area contributed by atoms with Crippen LogP contribution in [0.4, 0.5) is 10.1 Å². The van der Waals surface area contributed by atoms with Gasteiger partial charge in [0.15, 0.2) is 0 Å². The van der Waals surface area contributed by atoms with Gasteiger partial charge in [0, 0.05) is 25.3 Å². The Hall–Kier alpha value is -1.92. The molecule has 1 aliphatic rings. The average molecular weight is 362 g/mol. The van der Waals surface area contributed by atoms with E-state index in [4.69, 9.17) is 0 Å². The zero-order valence-corrected chi connectivity index (χ0v) is 15.3. The van der Waals surface area contributed by atoms with Gasteiger partial charge in [-0.3, -0.25) is 0 Å². The summed E-state index contributed by atoms with van der Waals surface area (Å²) in [6.45, 7) is 5.76. The third kappa shape index (κ3) is 4.19. The molecule has 1 unspecified atom stereocenters. The van der Waals surface area contributed by atoms with E-state index in [2.05, 4.69) is 40.8 Å². The van der Waals surface area contributed by atoms with Crippen molar-refractivity contribution in [3.8, 4) is 0 Å². The summed E-state index contributed by atoms with van der Waals surface area (Å²) in [7, 11) is -3.61. The van der Waals surface area contributed by atoms with Crippen molar-refractivity contribution in [1.29, 1.82) is 0 Å². The maximum atomic E-state index is 13.3. The number of hydrogen-bond acceptors (Lipinski definition) is 3. The molecule has 1 fully saturated rings. The molecule has 1 saturated heterocycles. The Labute approximate surface area is 148 Å². The van der Waals surface area contributed by atoms with Crippen LogP contribution in [0.5, 0.6) is 0 Å². The van der Waals surface area contributed by atoms with E-state index in [0.29, 0.717) is 12.1 Å². The van der Waals surface area contributed by atoms with Crippen LogP contribution in [-0.2, 0) is 10.0 Å². The van der Waals surface area contributed by atoms with E-state index in [0.717, 1.165) is 19.5 Å². The molecule has 0 saturated carbocycles. The number of aryl methyl sites for hydroxylation is 2. The lowest BCUT2D eigenvalue weighted by Crippen LogP contribution is -2.31. The minimum absolute atomic E-state index is 0.111. The molecular weight excluding hydrogens is 339 g/mol. The van der Waals surface area contributed by atoms with Crippen LogP contribution in [-0.4, -0.2) is 28.1 Å². The highest BCUT2D eigenvalue weighted by molar-refractivity contribution is 7.89. The van der Waals surface area contributed by atoms with Crippen molar-refractivity contribution in [3.63, 3.8) is 0 Å². The zero-order chi connectivity index (χ0) is 18.0. The minimum Gasteiger partial charge on any atom is -0.371 e. The SMILES string of the molecule is Cc1ccc(N2CCC(CNS(=O)(=O)c3ccc(F)c(C)c3)C2)cc1. The first kappa shape index (κ1) is 17.9. The Bertz CT molecular complexity index is 850. The second kappa shape index (κ2) is 7.14. The highest BCUT2D eigenvalue weighted by Crippen LogP contribution is 2.24. The van der Waals surface area contributed by atoms with Gasteiger partial charge in [-0.2, -0.15) is 0 Å². The van der Waals surface area contributed by atoms with Crippen LogP contribution in [0.3, 0.4) is 0 Å². The third-order valence-corrected chi connectivity index (χ3v) is 6.11. The van der Waals surface area contributed by atoms with Crippen LogP contribution < -0.4 is 9.62 Å². The summed E-state index contributed by atoms with van der Waals surface area (Å²) in [4.78, 5) is 2.39. The van der Waals surface area contributed by atoms with Crippen LogP contribution in [0.1, 0.15) is 17.5 Å². The number of rotatable bonds is 5. The van der Waals surface area contributed by atoms with Crippen LogP contribution in [0.2, 0.25) is 0 Å². The van der Waals surface area contributed by atoms with Crippen molar-refractivity contribution in [3.05, 3.63) is 59.4 Å². The Balaban J connectivity index is 1.60. The lowest BCUT2D eigenvalue weighted by atomic mass is 10.1. The molecule has 1 atom stereocenters. The summed E-state index contributed by atoms with van der Waals surface area (Å²) in [6.07, 6.45) is 0.943. The smallest absolute Gasteiger partial charge is 0.240 e. The predicted molar refractivity (Wildman–Crippen MR) is 97.8 cm³/mol. The molecule has 1 heterocycles. The number of halogens is 1. The lowest BCUT2D eigenvalue weighted by Gasteiger charge is -2.19. The number of hydrogen-bond donors (Lipinski definition) is 1. The summed E-state index contributed by atoms with van der Waals surface area (Å²) < 4.78 is 40.8. The van der Waals surface area contributed by atoms with Gasteiger partial charge < -0.3 is 4.90 Å². The standard InChI is InChI=1S/C19H23FN2O2S/c1-14-3-5-17(6-4-14)22-10-9-16(13-22)12-21-25(23,24)18-7-8-19(20)15(2)11-18/h3-8,11,16,21H,9-10,12-13H2,1-2H3. The molecule has 2 aromatic carbocycles. The van der Waals surface area contributed by atoms with Gasteiger partial charge in [-0.1, -0.05) is 17.7 Å². The molecule has 1 aliphatic heterocycles. The highest BCUT2D eigenvalue weighted by atomic mass is 32.2. The number of nitrogens with zero attached hydrogens (tertiary/aromatic N) is 1. The number of sulfonamides is 1. The molecule has 0 spiro atoms. The Morgan fingerprint density at radius 2 is 1.88 bits per heavy atom. The largest absolute Gasteiger partial charge is 0.371 e. The van der Waals surface area contributed by atoms with Gasteiger partial charge in [-0.25, -0.2) is 17.5 Å². The van der Waals surface area contributed by atoms with E-state index >= 15 is 0 Å². The van der Waals surface area contributed by atoms with Crippen molar-refractivity contribution in [2.24, 2.45) is 5.92 Å². The fourth-order valence-corrected chi connectivity index (χ4v) is 4.29. The van der Waals surface area contributed by atoms with Gasteiger partial charge in [0.2, 0.25) is 10.0 Å². The van der Waals surface area contributed by atoms with Crippen molar-refractivity contribution < 1.29 is 12.8 Å². The fraction of sp³-hybridized carbons (Fsp3) is 0.368. The molecule has 2 aromatic rings. The summed E-state index contributed by atoms with van der Waals surface area (Å²) in [6, 6.07) is 12.2. The highest BCUT2D eigenvalue weighted by Gasteiger charge is 2.25. The Kier molecular flexibility index (Phi) is 5.11. The topological polar surface area (TPSA) is 49.4 Å². The van der Waals surface area contributed by atoms with Gasteiger partial charge >= 0.3 is 0 Å². The van der Waals surface area contributed by atoms with E-state index in [-0.39, 0.29) is 10.8 Å². The number of nitrogens with one attached hydrogen (secondary N) is 1. The normalized spacial score (nSPS) is 17.9. The second-order valence-electron chi connectivity index (χ2n) is 6.70. The first-order valence-electron chi connectivity index (χ1n) is 8.42. The van der Waals surface area contributed by atoms with Gasteiger partial charge in [0.1, 0.15) is 5.82 Å². The van der Waals surface area contributed by atoms with Gasteiger partial charge in [-0.15, -0.1) is 0 Å². The van der Waals surface area contributed by atoms with Crippen LogP contribution in [0, 0.1) is 25.6 Å². The molecule has 25 heavy (non-hydrogen) atoms. The fourth-order valence-electron chi connectivity index (χ4n) is 3.08. The van der Waals surface area contributed by atoms with Crippen LogP contribution >= 0.6 is 0 Å². The zero-order valence-electron chi connectivity index (χ0n) is 14.5. The third-order valence-electron chi connectivity index (χ3n) is 4.69. The molecule has 3 rings (SSSR count). The molecular formula is C19H23FN2O2S. The molecule has 134 valence electrons. The van der Waals surface area contributed by atoms with Crippen molar-refractivity contribution in [2.45, 2.75) is 25.2 Å². The van der Waals surface area contributed by atoms with E-state index in [1.165, 1.54) is 29.4 Å². The summed E-state index contributed by atoms with van der Waals surface area (Å²) in [5.74, 6) is -0.138. The summed E-state index contributed by atoms with van der Waals surface area (Å²) in [5, 5.41) is 0. The van der Waals surface area contributed by atoms with E-state index in [9.17, 15) is 12.8 Å². The van der Waals surface area contributed by atoms with Crippen molar-refractivity contribution in [1.82, 2.24) is 4.72 Å². The van der Waals surface area contributed by atoms with Gasteiger partial charge in [0.05, 0.1) is 4.90 Å². The first-order chi connectivity index (χ1) is 11.8. The van der Waals surface area contributed by atoms with Crippen molar-refractivity contribution >= 4 is 15.7 Å². The summed E-state index contributed by atoms with van der Waals surface area (Å²) in [5.41, 5.74) is 2.72. The molecule has 0 amide bonds. The molecule has 6 heteroatoms. The number of benzene rings is 2. The second-order valence-corrected chi connectivity index (χ2v) is 8.47. The minimum atomic E-state index is -3.61. The van der Waals surface area contributed by atoms with Gasteiger partial charge in [0.25, 0.3) is 0 Å². The van der Waals surface area contributed by atoms with Crippen LogP contribution in [0.15, 0.2) is 47.4 Å². The lowest BCUT2D eigenvalue weighted by molar-refractivity contribution is 0.541. The van der Waals surface area contributed by atoms with Crippen LogP contribution in [0.25, 0.3) is 0 Å². The Morgan fingerprint density at radius 3 is 2.56 bits per heavy atom. The van der Waals surface area contributed by atoms with Crippen molar-refractivity contribution in [2.75, 3.05) is 24.5 Å². The molecule has 4 nitrogen and oxygen atoms in total. The quantitative estimate of drug-likeness (QED) is 0.888. The maximum Gasteiger partial charge on any atom is 0.240 e. The molecule has 0 bridgehead atoms. The maximum absolute atomic E-state index is 13.3. The average Bonchev–Trinajstić information content (AvgIpc) is 3.05. The number of anilines is 1. The summed E-state index contributed by atoms with van der Waals surface area (Å²) >= 11 is 0. The monoisotopic (exact) mass is 362 g/mol. The van der Waals surface area contributed by atoms with Gasteiger partial charge in [-0.05, 0) is 62.1 Å².